The van der Waals surface area contributed by atoms with Crippen molar-refractivity contribution < 1.29 is 22.6 Å². The van der Waals surface area contributed by atoms with E-state index < -0.39 is 12.4 Å². The molecule has 6 heteroatoms. The van der Waals surface area contributed by atoms with Gasteiger partial charge in [-0.05, 0) is 12.1 Å². The largest absolute Gasteiger partial charge is 0.573 e. The molecule has 1 atom stereocenters. The summed E-state index contributed by atoms with van der Waals surface area (Å²) in [6.45, 7) is 3.50. The average Bonchev–Trinajstić information content (AvgIpc) is 2.25. The molecule has 0 unspecified atom stereocenters. The molecular formula is C11H12F3NO2. The lowest BCUT2D eigenvalue weighted by Crippen LogP contribution is -2.17. The maximum atomic E-state index is 12.0. The Morgan fingerprint density at radius 3 is 2.53 bits per heavy atom. The Hall–Kier alpha value is -1.69. The normalized spacial score (nSPS) is 13.0. The molecule has 3 nitrogen and oxygen atoms in total. The van der Waals surface area contributed by atoms with Gasteiger partial charge in [0.05, 0.1) is 13.2 Å². The Bertz CT molecular complexity index is 404. The van der Waals surface area contributed by atoms with Crippen LogP contribution in [-0.4, -0.2) is 13.5 Å². The van der Waals surface area contributed by atoms with Gasteiger partial charge in [0.1, 0.15) is 11.5 Å². The predicted octanol–water partition coefficient (Wildman–Crippen LogP) is 2.78. The van der Waals surface area contributed by atoms with Crippen molar-refractivity contribution in [3.05, 3.63) is 36.4 Å². The summed E-state index contributed by atoms with van der Waals surface area (Å²) in [6, 6.07) is 3.21. The summed E-state index contributed by atoms with van der Waals surface area (Å²) in [5.41, 5.74) is 6.23. The Kier molecular flexibility index (Phi) is 4.01. The van der Waals surface area contributed by atoms with E-state index in [2.05, 4.69) is 11.3 Å². The SMILES string of the molecule is C=C[C@@H](N)c1ccc(OC(F)(F)F)cc1OC. The second-order valence-corrected chi connectivity index (χ2v) is 3.21. The van der Waals surface area contributed by atoms with Gasteiger partial charge in [0.2, 0.25) is 0 Å². The van der Waals surface area contributed by atoms with Gasteiger partial charge in [-0.25, -0.2) is 0 Å². The number of halogens is 3. The van der Waals surface area contributed by atoms with Crippen molar-refractivity contribution in [2.75, 3.05) is 7.11 Å². The molecule has 0 heterocycles. The maximum Gasteiger partial charge on any atom is 0.573 e. The Balaban J connectivity index is 3.04. The van der Waals surface area contributed by atoms with Crippen molar-refractivity contribution in [2.45, 2.75) is 12.4 Å². The minimum absolute atomic E-state index is 0.221. The molecule has 0 aliphatic rings. The third-order valence-corrected chi connectivity index (χ3v) is 2.05. The molecule has 0 fully saturated rings. The highest BCUT2D eigenvalue weighted by Gasteiger charge is 2.31. The fourth-order valence-corrected chi connectivity index (χ4v) is 1.29. The van der Waals surface area contributed by atoms with E-state index in [1.165, 1.54) is 25.3 Å². The molecule has 0 spiro atoms. The third-order valence-electron chi connectivity index (χ3n) is 2.05. The lowest BCUT2D eigenvalue weighted by Gasteiger charge is -2.15. The van der Waals surface area contributed by atoms with Gasteiger partial charge in [-0.2, -0.15) is 0 Å². The van der Waals surface area contributed by atoms with E-state index in [1.807, 2.05) is 0 Å². The van der Waals surface area contributed by atoms with Gasteiger partial charge in [0.25, 0.3) is 0 Å². The van der Waals surface area contributed by atoms with E-state index in [0.29, 0.717) is 5.56 Å². The summed E-state index contributed by atoms with van der Waals surface area (Å²) in [4.78, 5) is 0. The lowest BCUT2D eigenvalue weighted by molar-refractivity contribution is -0.274. The number of alkyl halides is 3. The predicted molar refractivity (Wildman–Crippen MR) is 56.8 cm³/mol. The Morgan fingerprint density at radius 2 is 2.06 bits per heavy atom. The van der Waals surface area contributed by atoms with Crippen LogP contribution in [0.4, 0.5) is 13.2 Å². The first-order chi connectivity index (χ1) is 7.87. The van der Waals surface area contributed by atoms with Crippen LogP contribution in [0.15, 0.2) is 30.9 Å². The Morgan fingerprint density at radius 1 is 1.41 bits per heavy atom. The first-order valence-electron chi connectivity index (χ1n) is 4.69. The number of benzene rings is 1. The molecule has 0 radical (unpaired) electrons. The van der Waals surface area contributed by atoms with Gasteiger partial charge in [-0.3, -0.25) is 0 Å². The standard InChI is InChI=1S/C11H12F3NO2/c1-3-9(15)8-5-4-7(6-10(8)16-2)17-11(12,13)14/h3-6,9H,1,15H2,2H3/t9-/m1/s1. The summed E-state index contributed by atoms with van der Waals surface area (Å²) in [5, 5.41) is 0. The quantitative estimate of drug-likeness (QED) is 0.832. The van der Waals surface area contributed by atoms with Crippen LogP contribution in [0.25, 0.3) is 0 Å². The second kappa shape index (κ2) is 5.09. The molecule has 94 valence electrons. The molecular weight excluding hydrogens is 235 g/mol. The van der Waals surface area contributed by atoms with Crippen LogP contribution >= 0.6 is 0 Å². The van der Waals surface area contributed by atoms with E-state index in [0.717, 1.165) is 6.07 Å². The van der Waals surface area contributed by atoms with Gasteiger partial charge in [0, 0.05) is 11.6 Å². The molecule has 1 rings (SSSR count). The zero-order valence-electron chi connectivity index (χ0n) is 9.12. The van der Waals surface area contributed by atoms with Crippen molar-refractivity contribution in [1.82, 2.24) is 0 Å². The van der Waals surface area contributed by atoms with E-state index in [-0.39, 0.29) is 11.5 Å². The molecule has 0 saturated heterocycles. The molecule has 1 aromatic carbocycles. The van der Waals surface area contributed by atoms with E-state index in [1.54, 1.807) is 0 Å². The minimum Gasteiger partial charge on any atom is -0.496 e. The summed E-state index contributed by atoms with van der Waals surface area (Å²) < 4.78 is 44.7. The smallest absolute Gasteiger partial charge is 0.496 e. The van der Waals surface area contributed by atoms with E-state index >= 15 is 0 Å². The van der Waals surface area contributed by atoms with Crippen LogP contribution < -0.4 is 15.2 Å². The van der Waals surface area contributed by atoms with Crippen LogP contribution in [-0.2, 0) is 0 Å². The molecule has 0 aliphatic heterocycles. The van der Waals surface area contributed by atoms with Gasteiger partial charge in [0.15, 0.2) is 0 Å². The minimum atomic E-state index is -4.73. The average molecular weight is 247 g/mol. The van der Waals surface area contributed by atoms with Crippen LogP contribution in [0.5, 0.6) is 11.5 Å². The summed E-state index contributed by atoms with van der Waals surface area (Å²) in [7, 11) is 1.34. The molecule has 0 saturated carbocycles. The van der Waals surface area contributed by atoms with E-state index in [4.69, 9.17) is 10.5 Å². The third kappa shape index (κ3) is 3.67. The molecule has 2 N–H and O–H groups in total. The zero-order chi connectivity index (χ0) is 13.1. The van der Waals surface area contributed by atoms with Crippen molar-refractivity contribution >= 4 is 0 Å². The number of rotatable bonds is 4. The maximum absolute atomic E-state index is 12.0. The van der Waals surface area contributed by atoms with Gasteiger partial charge < -0.3 is 15.2 Å². The molecule has 0 aromatic heterocycles. The first kappa shape index (κ1) is 13.4. The number of ether oxygens (including phenoxy) is 2. The van der Waals surface area contributed by atoms with Crippen LogP contribution in [0, 0.1) is 0 Å². The molecule has 17 heavy (non-hydrogen) atoms. The highest BCUT2D eigenvalue weighted by Crippen LogP contribution is 2.31. The summed E-state index contributed by atoms with van der Waals surface area (Å²) in [5.74, 6) is -0.131. The second-order valence-electron chi connectivity index (χ2n) is 3.21. The zero-order valence-corrected chi connectivity index (χ0v) is 9.12. The first-order valence-corrected chi connectivity index (χ1v) is 4.69. The number of hydrogen-bond donors (Lipinski definition) is 1. The Labute approximate surface area is 96.6 Å². The van der Waals surface area contributed by atoms with Gasteiger partial charge >= 0.3 is 6.36 Å². The van der Waals surface area contributed by atoms with Crippen LogP contribution in [0.3, 0.4) is 0 Å². The summed E-state index contributed by atoms with van der Waals surface area (Å²) >= 11 is 0. The molecule has 0 amide bonds. The number of hydrogen-bond acceptors (Lipinski definition) is 3. The number of nitrogens with two attached hydrogens (primary N) is 1. The van der Waals surface area contributed by atoms with Crippen LogP contribution in [0.1, 0.15) is 11.6 Å². The topological polar surface area (TPSA) is 44.5 Å². The van der Waals surface area contributed by atoms with Gasteiger partial charge in [-0.1, -0.05) is 6.08 Å². The van der Waals surface area contributed by atoms with Crippen LogP contribution in [0.2, 0.25) is 0 Å². The number of methoxy groups -OCH3 is 1. The molecule has 0 bridgehead atoms. The van der Waals surface area contributed by atoms with Crippen molar-refractivity contribution in [2.24, 2.45) is 5.73 Å². The lowest BCUT2D eigenvalue weighted by atomic mass is 10.1. The fraction of sp³-hybridized carbons (Fsp3) is 0.273. The van der Waals surface area contributed by atoms with Gasteiger partial charge in [-0.15, -0.1) is 19.8 Å². The van der Waals surface area contributed by atoms with E-state index in [9.17, 15) is 13.2 Å². The van der Waals surface area contributed by atoms with Crippen molar-refractivity contribution in [1.29, 1.82) is 0 Å². The fourth-order valence-electron chi connectivity index (χ4n) is 1.29. The monoisotopic (exact) mass is 247 g/mol. The molecule has 1 aromatic rings. The summed E-state index contributed by atoms with van der Waals surface area (Å²) in [6.07, 6.45) is -3.27. The molecule has 0 aliphatic carbocycles. The van der Waals surface area contributed by atoms with Crippen molar-refractivity contribution in [3.63, 3.8) is 0 Å². The highest BCUT2D eigenvalue weighted by molar-refractivity contribution is 5.43. The van der Waals surface area contributed by atoms with Crippen molar-refractivity contribution in [3.8, 4) is 11.5 Å². The highest BCUT2D eigenvalue weighted by atomic mass is 19.4.